The smallest absolute Gasteiger partial charge is 0.264 e. The van der Waals surface area contributed by atoms with Crippen LogP contribution in [-0.2, 0) is 14.8 Å². The Hall–Kier alpha value is -2.83. The summed E-state index contributed by atoms with van der Waals surface area (Å²) in [5, 5.41) is 3.29. The van der Waals surface area contributed by atoms with Crippen molar-refractivity contribution >= 4 is 38.9 Å². The molecule has 0 saturated carbocycles. The van der Waals surface area contributed by atoms with Gasteiger partial charge in [-0.3, -0.25) is 9.10 Å². The molecule has 0 saturated heterocycles. The quantitative estimate of drug-likeness (QED) is 0.539. The van der Waals surface area contributed by atoms with E-state index in [1.165, 1.54) is 0 Å². The maximum atomic E-state index is 13.5. The number of rotatable bonds is 6. The van der Waals surface area contributed by atoms with Gasteiger partial charge in [0.2, 0.25) is 5.91 Å². The van der Waals surface area contributed by atoms with Crippen LogP contribution in [0.1, 0.15) is 22.3 Å². The van der Waals surface area contributed by atoms with E-state index in [0.717, 1.165) is 21.0 Å². The molecule has 0 aliphatic heterocycles. The monoisotopic (exact) mass is 456 g/mol. The molecule has 0 aliphatic rings. The Bertz CT molecular complexity index is 1200. The molecule has 7 heteroatoms. The van der Waals surface area contributed by atoms with Crippen molar-refractivity contribution in [2.24, 2.45) is 0 Å². The summed E-state index contributed by atoms with van der Waals surface area (Å²) < 4.78 is 28.2. The van der Waals surface area contributed by atoms with Crippen LogP contribution in [0.25, 0.3) is 0 Å². The molecule has 5 nitrogen and oxygen atoms in total. The van der Waals surface area contributed by atoms with Crippen molar-refractivity contribution in [3.8, 4) is 0 Å². The van der Waals surface area contributed by atoms with Crippen LogP contribution in [0.15, 0.2) is 65.6 Å². The zero-order valence-electron chi connectivity index (χ0n) is 17.9. The zero-order valence-corrected chi connectivity index (χ0v) is 19.5. The number of anilines is 2. The summed E-state index contributed by atoms with van der Waals surface area (Å²) in [6.07, 6.45) is 0. The molecule has 0 atom stereocenters. The molecule has 1 amide bonds. The largest absolute Gasteiger partial charge is 0.324 e. The van der Waals surface area contributed by atoms with Crippen LogP contribution in [0.5, 0.6) is 0 Å². The first-order chi connectivity index (χ1) is 14.6. The van der Waals surface area contributed by atoms with Crippen LogP contribution in [-0.4, -0.2) is 20.9 Å². The summed E-state index contributed by atoms with van der Waals surface area (Å²) in [4.78, 5) is 13.1. The topological polar surface area (TPSA) is 66.5 Å². The average molecular weight is 457 g/mol. The summed E-state index contributed by atoms with van der Waals surface area (Å²) in [6.45, 7) is 7.02. The third-order valence-corrected chi connectivity index (χ3v) is 7.33. The summed E-state index contributed by atoms with van der Waals surface area (Å²) in [5.74, 6) is -0.438. The van der Waals surface area contributed by atoms with Gasteiger partial charge in [-0.1, -0.05) is 53.6 Å². The fourth-order valence-corrected chi connectivity index (χ4v) is 4.97. The van der Waals surface area contributed by atoms with Gasteiger partial charge in [0.05, 0.1) is 10.6 Å². The number of halogens is 1. The lowest BCUT2D eigenvalue weighted by Gasteiger charge is -2.26. The van der Waals surface area contributed by atoms with Crippen LogP contribution in [0, 0.1) is 27.7 Å². The standard InChI is InChI=1S/C24H25ClN2O3S/c1-16-11-13-20(14-12-16)31(29,30)27(22-10-6-9-21(25)19(22)4)15-23(28)26-24-17(2)7-5-8-18(24)3/h5-14H,15H2,1-4H3,(H,26,28). The van der Waals surface area contributed by atoms with Crippen LogP contribution in [0.2, 0.25) is 5.02 Å². The molecule has 0 aromatic heterocycles. The molecular weight excluding hydrogens is 432 g/mol. The third kappa shape index (κ3) is 4.92. The van der Waals surface area contributed by atoms with E-state index in [4.69, 9.17) is 11.6 Å². The maximum absolute atomic E-state index is 13.5. The Labute approximate surface area is 188 Å². The Morgan fingerprint density at radius 2 is 1.48 bits per heavy atom. The van der Waals surface area contributed by atoms with Crippen molar-refractivity contribution in [2.75, 3.05) is 16.2 Å². The van der Waals surface area contributed by atoms with Crippen molar-refractivity contribution in [2.45, 2.75) is 32.6 Å². The number of carbonyl (C=O) groups excluding carboxylic acids is 1. The number of amides is 1. The SMILES string of the molecule is Cc1ccc(S(=O)(=O)N(CC(=O)Nc2c(C)cccc2C)c2cccc(Cl)c2C)cc1. The minimum absolute atomic E-state index is 0.109. The van der Waals surface area contributed by atoms with E-state index in [2.05, 4.69) is 5.32 Å². The molecular formula is C24H25ClN2O3S. The molecule has 3 rings (SSSR count). The number of nitrogens with zero attached hydrogens (tertiary/aromatic N) is 1. The third-order valence-electron chi connectivity index (χ3n) is 5.15. The van der Waals surface area contributed by atoms with Gasteiger partial charge in [-0.25, -0.2) is 8.42 Å². The molecule has 0 bridgehead atoms. The first kappa shape index (κ1) is 22.8. The zero-order chi connectivity index (χ0) is 22.8. The average Bonchev–Trinajstić information content (AvgIpc) is 2.72. The van der Waals surface area contributed by atoms with Gasteiger partial charge in [-0.15, -0.1) is 0 Å². The van der Waals surface area contributed by atoms with E-state index in [0.29, 0.717) is 22.0 Å². The molecule has 0 spiro atoms. The molecule has 1 N–H and O–H groups in total. The Balaban J connectivity index is 2.03. The summed E-state index contributed by atoms with van der Waals surface area (Å²) in [7, 11) is -4.00. The number of hydrogen-bond donors (Lipinski definition) is 1. The van der Waals surface area contributed by atoms with Gasteiger partial charge in [0.1, 0.15) is 6.54 Å². The predicted octanol–water partition coefficient (Wildman–Crippen LogP) is 5.41. The number of hydrogen-bond acceptors (Lipinski definition) is 3. The normalized spacial score (nSPS) is 11.3. The first-order valence-corrected chi connectivity index (χ1v) is 11.6. The van der Waals surface area contributed by atoms with Crippen LogP contribution >= 0.6 is 11.6 Å². The van der Waals surface area contributed by atoms with Gasteiger partial charge in [0.25, 0.3) is 10.0 Å². The van der Waals surface area contributed by atoms with Gasteiger partial charge in [0.15, 0.2) is 0 Å². The van der Waals surface area contributed by atoms with Gasteiger partial charge in [0, 0.05) is 10.7 Å². The predicted molar refractivity (Wildman–Crippen MR) is 126 cm³/mol. The molecule has 0 aliphatic carbocycles. The highest BCUT2D eigenvalue weighted by atomic mass is 35.5. The van der Waals surface area contributed by atoms with Crippen LogP contribution in [0.3, 0.4) is 0 Å². The number of para-hydroxylation sites is 1. The molecule has 31 heavy (non-hydrogen) atoms. The molecule has 162 valence electrons. The highest BCUT2D eigenvalue weighted by Crippen LogP contribution is 2.31. The minimum atomic E-state index is -4.00. The second-order valence-corrected chi connectivity index (χ2v) is 9.79. The van der Waals surface area contributed by atoms with Crippen LogP contribution < -0.4 is 9.62 Å². The molecule has 0 unspecified atom stereocenters. The van der Waals surface area contributed by atoms with E-state index < -0.39 is 15.9 Å². The summed E-state index contributed by atoms with van der Waals surface area (Å²) in [5.41, 5.74) is 4.38. The van der Waals surface area contributed by atoms with Crippen molar-refractivity contribution in [3.05, 3.63) is 87.9 Å². The van der Waals surface area contributed by atoms with Crippen molar-refractivity contribution in [1.29, 1.82) is 0 Å². The lowest BCUT2D eigenvalue weighted by Crippen LogP contribution is -2.38. The van der Waals surface area contributed by atoms with Gasteiger partial charge in [-0.05, 0) is 68.7 Å². The van der Waals surface area contributed by atoms with Crippen LogP contribution in [0.4, 0.5) is 11.4 Å². The van der Waals surface area contributed by atoms with E-state index >= 15 is 0 Å². The molecule has 0 fully saturated rings. The molecule has 0 heterocycles. The van der Waals surface area contributed by atoms with E-state index in [1.54, 1.807) is 49.4 Å². The Morgan fingerprint density at radius 3 is 2.10 bits per heavy atom. The highest BCUT2D eigenvalue weighted by molar-refractivity contribution is 7.92. The number of nitrogens with one attached hydrogen (secondary N) is 1. The molecule has 3 aromatic carbocycles. The summed E-state index contributed by atoms with van der Waals surface area (Å²) >= 11 is 6.26. The van der Waals surface area contributed by atoms with E-state index in [1.807, 2.05) is 39.0 Å². The van der Waals surface area contributed by atoms with Crippen molar-refractivity contribution in [1.82, 2.24) is 0 Å². The minimum Gasteiger partial charge on any atom is -0.324 e. The number of sulfonamides is 1. The van der Waals surface area contributed by atoms with Crippen molar-refractivity contribution in [3.63, 3.8) is 0 Å². The number of benzene rings is 3. The molecule has 0 radical (unpaired) electrons. The fraction of sp³-hybridized carbons (Fsp3) is 0.208. The highest BCUT2D eigenvalue weighted by Gasteiger charge is 2.29. The van der Waals surface area contributed by atoms with Crippen molar-refractivity contribution < 1.29 is 13.2 Å². The van der Waals surface area contributed by atoms with Gasteiger partial charge >= 0.3 is 0 Å². The fourth-order valence-electron chi connectivity index (χ4n) is 3.32. The number of carbonyl (C=O) groups is 1. The lowest BCUT2D eigenvalue weighted by molar-refractivity contribution is -0.114. The second-order valence-electron chi connectivity index (χ2n) is 7.52. The second kappa shape index (κ2) is 9.12. The van der Waals surface area contributed by atoms with E-state index in [-0.39, 0.29) is 11.4 Å². The Morgan fingerprint density at radius 1 is 0.903 bits per heavy atom. The van der Waals surface area contributed by atoms with Gasteiger partial charge in [-0.2, -0.15) is 0 Å². The Kier molecular flexibility index (Phi) is 6.72. The maximum Gasteiger partial charge on any atom is 0.264 e. The van der Waals surface area contributed by atoms with Gasteiger partial charge < -0.3 is 5.32 Å². The van der Waals surface area contributed by atoms with E-state index in [9.17, 15) is 13.2 Å². The lowest BCUT2D eigenvalue weighted by atomic mass is 10.1. The molecule has 3 aromatic rings. The summed E-state index contributed by atoms with van der Waals surface area (Å²) in [6, 6.07) is 17.2. The number of aryl methyl sites for hydroxylation is 3. The first-order valence-electron chi connectivity index (χ1n) is 9.82.